The van der Waals surface area contributed by atoms with Crippen molar-refractivity contribution in [3.63, 3.8) is 0 Å². The molecule has 0 saturated carbocycles. The van der Waals surface area contributed by atoms with E-state index in [1.54, 1.807) is 50.3 Å². The van der Waals surface area contributed by atoms with E-state index >= 15 is 0 Å². The van der Waals surface area contributed by atoms with Crippen LogP contribution in [0.4, 0.5) is 0 Å². The first-order chi connectivity index (χ1) is 15.2. The van der Waals surface area contributed by atoms with Gasteiger partial charge in [-0.3, -0.25) is 0 Å². The van der Waals surface area contributed by atoms with Gasteiger partial charge in [0.05, 0.1) is 24.6 Å². The first-order valence-corrected chi connectivity index (χ1v) is 17.6. The highest BCUT2D eigenvalue weighted by Crippen LogP contribution is 2.61. The summed E-state index contributed by atoms with van der Waals surface area (Å²) in [5.74, 6) is 0. The third-order valence-electron chi connectivity index (χ3n) is 7.44. The van der Waals surface area contributed by atoms with Gasteiger partial charge in [-0.2, -0.15) is 0 Å². The summed E-state index contributed by atoms with van der Waals surface area (Å²) in [7, 11) is -0.703. The quantitative estimate of drug-likeness (QED) is 0.0898. The van der Waals surface area contributed by atoms with Gasteiger partial charge in [-0.25, -0.2) is 0 Å². The van der Waals surface area contributed by atoms with Gasteiger partial charge in [0.15, 0.2) is 0 Å². The molecule has 0 nitrogen and oxygen atoms in total. The average Bonchev–Trinajstić information content (AvgIpc) is 2.78. The summed E-state index contributed by atoms with van der Waals surface area (Å²) in [6, 6.07) is 0. The third-order valence-corrected chi connectivity index (χ3v) is 12.5. The van der Waals surface area contributed by atoms with Crippen molar-refractivity contribution in [3.05, 3.63) is 0 Å². The first-order valence-electron chi connectivity index (χ1n) is 15.1. The Labute approximate surface area is 200 Å². The van der Waals surface area contributed by atoms with Crippen molar-refractivity contribution in [2.45, 2.75) is 169 Å². The Hall–Kier alpha value is 0.430. The maximum atomic E-state index is 2.35. The highest BCUT2D eigenvalue weighted by molar-refractivity contribution is 7.75. The molecule has 0 heterocycles. The summed E-state index contributed by atoms with van der Waals surface area (Å²) >= 11 is 0. The van der Waals surface area contributed by atoms with E-state index in [0.29, 0.717) is 0 Å². The number of hydrogen-bond acceptors (Lipinski definition) is 0. The molecule has 188 valence electrons. The predicted octanol–water partition coefficient (Wildman–Crippen LogP) is 11.7. The van der Waals surface area contributed by atoms with E-state index in [0.717, 1.165) is 0 Å². The summed E-state index contributed by atoms with van der Waals surface area (Å²) in [5, 5.41) is 0. The van der Waals surface area contributed by atoms with Crippen molar-refractivity contribution in [2.24, 2.45) is 0 Å². The van der Waals surface area contributed by atoms with Crippen LogP contribution in [0.5, 0.6) is 0 Å². The van der Waals surface area contributed by atoms with E-state index in [1.165, 1.54) is 116 Å². The summed E-state index contributed by atoms with van der Waals surface area (Å²) in [5.41, 5.74) is 0. The van der Waals surface area contributed by atoms with Gasteiger partial charge in [0.1, 0.15) is 0 Å². The molecule has 0 radical (unpaired) electrons. The molecule has 0 amide bonds. The maximum Gasteiger partial charge on any atom is 0.0594 e. The van der Waals surface area contributed by atoms with Crippen LogP contribution in [-0.2, 0) is 0 Å². The Kier molecular flexibility index (Phi) is 25.4. The molecule has 0 saturated heterocycles. The predicted molar refractivity (Wildman–Crippen MR) is 151 cm³/mol. The molecule has 0 rings (SSSR count). The molecule has 0 aromatic rings. The molecule has 0 fully saturated rings. The van der Waals surface area contributed by atoms with Gasteiger partial charge in [-0.1, -0.05) is 118 Å². The van der Waals surface area contributed by atoms with Crippen LogP contribution < -0.4 is 0 Å². The molecule has 0 atom stereocenters. The number of unbranched alkanes of at least 4 members (excludes halogenated alkanes) is 18. The zero-order valence-electron chi connectivity index (χ0n) is 22.8. The lowest BCUT2D eigenvalue weighted by molar-refractivity contribution is 0.601. The van der Waals surface area contributed by atoms with Crippen LogP contribution in [0.1, 0.15) is 169 Å². The minimum Gasteiger partial charge on any atom is -0.0654 e. The van der Waals surface area contributed by atoms with Crippen molar-refractivity contribution < 1.29 is 0 Å². The first kappa shape index (κ1) is 31.4. The highest BCUT2D eigenvalue weighted by Gasteiger charge is 2.34. The van der Waals surface area contributed by atoms with Crippen LogP contribution in [0.15, 0.2) is 0 Å². The Balaban J connectivity index is 4.68. The minimum atomic E-state index is -0.703. The highest BCUT2D eigenvalue weighted by atomic mass is 31.2. The fraction of sp³-hybridized carbons (Fsp3) is 1.00. The molecule has 0 bridgehead atoms. The van der Waals surface area contributed by atoms with Gasteiger partial charge in [0, 0.05) is 7.26 Å². The van der Waals surface area contributed by atoms with Crippen LogP contribution in [-0.4, -0.2) is 24.6 Å². The normalized spacial score (nSPS) is 12.0. The fourth-order valence-corrected chi connectivity index (χ4v) is 10.1. The largest absolute Gasteiger partial charge is 0.0654 e. The van der Waals surface area contributed by atoms with Gasteiger partial charge in [-0.05, 0) is 51.4 Å². The van der Waals surface area contributed by atoms with Gasteiger partial charge >= 0.3 is 0 Å². The standard InChI is InChI=1S/C30H64P/c1-5-9-13-17-18-22-26-30-31(27-23-19-14-10-6-2,28-24-20-15-11-7-3)29-25-21-16-12-8-4/h5-30H2,1-4H3/q+1. The molecule has 0 aromatic heterocycles. The smallest absolute Gasteiger partial charge is 0.0594 e. The summed E-state index contributed by atoms with van der Waals surface area (Å²) in [4.78, 5) is 0. The van der Waals surface area contributed by atoms with Crippen molar-refractivity contribution >= 4 is 7.26 Å². The van der Waals surface area contributed by atoms with Crippen molar-refractivity contribution in [3.8, 4) is 0 Å². The molecular weight excluding hydrogens is 391 g/mol. The van der Waals surface area contributed by atoms with Crippen LogP contribution in [0, 0.1) is 0 Å². The molecule has 1 heteroatoms. The van der Waals surface area contributed by atoms with Crippen LogP contribution in [0.25, 0.3) is 0 Å². The summed E-state index contributed by atoms with van der Waals surface area (Å²) < 4.78 is 0. The van der Waals surface area contributed by atoms with E-state index in [4.69, 9.17) is 0 Å². The van der Waals surface area contributed by atoms with Gasteiger partial charge < -0.3 is 0 Å². The Bertz CT molecular complexity index is 288. The monoisotopic (exact) mass is 455 g/mol. The molecule has 0 aliphatic heterocycles. The second kappa shape index (κ2) is 25.1. The molecule has 0 aliphatic carbocycles. The molecule has 31 heavy (non-hydrogen) atoms. The van der Waals surface area contributed by atoms with Crippen LogP contribution in [0.2, 0.25) is 0 Å². The van der Waals surface area contributed by atoms with E-state index in [-0.39, 0.29) is 0 Å². The Morgan fingerprint density at radius 3 is 0.677 bits per heavy atom. The van der Waals surface area contributed by atoms with Crippen LogP contribution >= 0.6 is 7.26 Å². The third kappa shape index (κ3) is 20.7. The topological polar surface area (TPSA) is 0 Å². The zero-order valence-corrected chi connectivity index (χ0v) is 23.7. The minimum absolute atomic E-state index is 0.703. The van der Waals surface area contributed by atoms with Crippen molar-refractivity contribution in [1.29, 1.82) is 0 Å². The van der Waals surface area contributed by atoms with E-state index < -0.39 is 7.26 Å². The second-order valence-electron chi connectivity index (χ2n) is 10.6. The Morgan fingerprint density at radius 2 is 0.452 bits per heavy atom. The van der Waals surface area contributed by atoms with Crippen LogP contribution in [0.3, 0.4) is 0 Å². The zero-order chi connectivity index (χ0) is 22.9. The lowest BCUT2D eigenvalue weighted by Gasteiger charge is -2.28. The van der Waals surface area contributed by atoms with Gasteiger partial charge in [0.2, 0.25) is 0 Å². The SMILES string of the molecule is CCCCCCCCC[P+](CCCCCCC)(CCCCCCC)CCCCCCC. The van der Waals surface area contributed by atoms with Gasteiger partial charge in [-0.15, -0.1) is 0 Å². The molecule has 0 aliphatic rings. The molecular formula is C30H64P+. The van der Waals surface area contributed by atoms with E-state index in [2.05, 4.69) is 27.7 Å². The van der Waals surface area contributed by atoms with E-state index in [1.807, 2.05) is 0 Å². The molecule has 0 aromatic carbocycles. The van der Waals surface area contributed by atoms with E-state index in [9.17, 15) is 0 Å². The maximum absolute atomic E-state index is 2.35. The Morgan fingerprint density at radius 1 is 0.258 bits per heavy atom. The van der Waals surface area contributed by atoms with Crippen molar-refractivity contribution in [2.75, 3.05) is 24.6 Å². The lowest BCUT2D eigenvalue weighted by Crippen LogP contribution is -2.13. The number of rotatable bonds is 26. The molecule has 0 unspecified atom stereocenters. The summed E-state index contributed by atoms with van der Waals surface area (Å²) in [6.07, 6.45) is 39.1. The summed E-state index contributed by atoms with van der Waals surface area (Å²) in [6.45, 7) is 9.39. The lowest BCUT2D eigenvalue weighted by atomic mass is 10.1. The second-order valence-corrected chi connectivity index (χ2v) is 15.1. The molecule has 0 spiro atoms. The number of hydrogen-bond donors (Lipinski definition) is 0. The van der Waals surface area contributed by atoms with Crippen molar-refractivity contribution in [1.82, 2.24) is 0 Å². The average molecular weight is 456 g/mol. The van der Waals surface area contributed by atoms with Gasteiger partial charge in [0.25, 0.3) is 0 Å². The molecule has 0 N–H and O–H groups in total. The fourth-order valence-electron chi connectivity index (χ4n) is 5.23.